The average Bonchev–Trinajstić information content (AvgIpc) is 2.56. The Morgan fingerprint density at radius 3 is 1.65 bits per heavy atom. The van der Waals surface area contributed by atoms with E-state index in [4.69, 9.17) is 4.43 Å². The quantitative estimate of drug-likeness (QED) is 0.402. The van der Waals surface area contributed by atoms with Crippen molar-refractivity contribution in [2.24, 2.45) is 0 Å². The molecule has 0 unspecified atom stereocenters. The van der Waals surface area contributed by atoms with Gasteiger partial charge in [-0.05, 0) is 73.1 Å². The summed E-state index contributed by atoms with van der Waals surface area (Å²) in [5.41, 5.74) is 1.76. The molecule has 2 aromatic carbocycles. The van der Waals surface area contributed by atoms with Crippen molar-refractivity contribution in [2.75, 3.05) is 18.1 Å². The molecule has 0 fully saturated rings. The Labute approximate surface area is 156 Å². The Morgan fingerprint density at radius 2 is 1.27 bits per heavy atom. The van der Waals surface area contributed by atoms with E-state index < -0.39 is 8.32 Å². The van der Waals surface area contributed by atoms with Crippen molar-refractivity contribution in [3.8, 4) is 0 Å². The highest BCUT2D eigenvalue weighted by atomic mass is 28.4. The van der Waals surface area contributed by atoms with Crippen LogP contribution in [0.3, 0.4) is 0 Å². The van der Waals surface area contributed by atoms with Crippen LogP contribution in [0.1, 0.15) is 27.2 Å². The Bertz CT molecular complexity index is 648. The molecule has 0 spiro atoms. The lowest BCUT2D eigenvalue weighted by molar-refractivity contribution is 0.284. The number of hydrogen-bond donors (Lipinski definition) is 0. The van der Waals surface area contributed by atoms with Crippen LogP contribution in [0.4, 0.5) is 20.2 Å². The minimum absolute atomic E-state index is 0.181. The second-order valence-electron chi connectivity index (χ2n) is 8.07. The molecule has 2 rings (SSSR count). The van der Waals surface area contributed by atoms with Gasteiger partial charge in [-0.15, -0.1) is 0 Å². The molecule has 5 heteroatoms. The van der Waals surface area contributed by atoms with Gasteiger partial charge in [0.1, 0.15) is 11.6 Å². The highest BCUT2D eigenvalue weighted by molar-refractivity contribution is 6.74. The zero-order valence-corrected chi connectivity index (χ0v) is 17.4. The second-order valence-corrected chi connectivity index (χ2v) is 12.9. The third kappa shape index (κ3) is 5.38. The van der Waals surface area contributed by atoms with Crippen molar-refractivity contribution in [1.29, 1.82) is 0 Å². The summed E-state index contributed by atoms with van der Waals surface area (Å²) >= 11 is 0. The van der Waals surface area contributed by atoms with Gasteiger partial charge in [-0.2, -0.15) is 0 Å². The van der Waals surface area contributed by atoms with Gasteiger partial charge >= 0.3 is 0 Å². The molecule has 2 aromatic rings. The minimum Gasteiger partial charge on any atom is -0.417 e. The fourth-order valence-corrected chi connectivity index (χ4v) is 3.50. The Hall–Kier alpha value is -1.72. The lowest BCUT2D eigenvalue weighted by Gasteiger charge is -2.36. The van der Waals surface area contributed by atoms with Gasteiger partial charge in [-0.3, -0.25) is 0 Å². The van der Waals surface area contributed by atoms with E-state index in [0.717, 1.165) is 17.8 Å². The Morgan fingerprint density at radius 1 is 0.846 bits per heavy atom. The molecule has 0 atom stereocenters. The molecule has 26 heavy (non-hydrogen) atoms. The van der Waals surface area contributed by atoms with Gasteiger partial charge in [-0.1, -0.05) is 20.8 Å². The normalized spacial score (nSPS) is 12.3. The molecule has 0 radical (unpaired) electrons. The van der Waals surface area contributed by atoms with Gasteiger partial charge in [-0.25, -0.2) is 8.78 Å². The summed E-state index contributed by atoms with van der Waals surface area (Å²) in [6, 6.07) is 12.7. The molecule has 0 aliphatic heterocycles. The molecule has 0 aromatic heterocycles. The highest BCUT2D eigenvalue weighted by Crippen LogP contribution is 2.36. The fraction of sp³-hybridized carbons (Fsp3) is 0.429. The fourth-order valence-electron chi connectivity index (χ4n) is 2.42. The van der Waals surface area contributed by atoms with Crippen LogP contribution in [0.2, 0.25) is 18.1 Å². The summed E-state index contributed by atoms with van der Waals surface area (Å²) in [7, 11) is -1.77. The van der Waals surface area contributed by atoms with Gasteiger partial charge in [0.15, 0.2) is 8.32 Å². The van der Waals surface area contributed by atoms with Crippen LogP contribution in [0.5, 0.6) is 0 Å². The SMILES string of the molecule is CC(C)(C)[Si](C)(C)OCCCN(c1ccc(F)cc1)c1ccc(F)cc1. The molecule has 0 bridgehead atoms. The van der Waals surface area contributed by atoms with Gasteiger partial charge in [0.25, 0.3) is 0 Å². The summed E-state index contributed by atoms with van der Waals surface area (Å²) in [6.45, 7) is 12.5. The number of halogens is 2. The first-order valence-electron chi connectivity index (χ1n) is 9.03. The van der Waals surface area contributed by atoms with Crippen molar-refractivity contribution in [3.63, 3.8) is 0 Å². The van der Waals surface area contributed by atoms with E-state index in [1.54, 1.807) is 24.3 Å². The van der Waals surface area contributed by atoms with Crippen LogP contribution in [-0.4, -0.2) is 21.5 Å². The van der Waals surface area contributed by atoms with Crippen LogP contribution in [-0.2, 0) is 4.43 Å². The van der Waals surface area contributed by atoms with E-state index in [-0.39, 0.29) is 16.7 Å². The van der Waals surface area contributed by atoms with Gasteiger partial charge < -0.3 is 9.33 Å². The van der Waals surface area contributed by atoms with Crippen molar-refractivity contribution in [3.05, 3.63) is 60.2 Å². The maximum absolute atomic E-state index is 13.3. The molecule has 0 aliphatic carbocycles. The van der Waals surface area contributed by atoms with Gasteiger partial charge in [0.05, 0.1) is 0 Å². The summed E-state index contributed by atoms with van der Waals surface area (Å²) in [4.78, 5) is 2.06. The van der Waals surface area contributed by atoms with Crippen LogP contribution in [0, 0.1) is 11.6 Å². The zero-order valence-electron chi connectivity index (χ0n) is 16.4. The topological polar surface area (TPSA) is 12.5 Å². The van der Waals surface area contributed by atoms with E-state index >= 15 is 0 Å². The van der Waals surface area contributed by atoms with E-state index in [2.05, 4.69) is 38.8 Å². The first kappa shape index (κ1) is 20.6. The molecule has 0 amide bonds. The average molecular weight is 378 g/mol. The van der Waals surface area contributed by atoms with Crippen LogP contribution >= 0.6 is 0 Å². The summed E-state index contributed by atoms with van der Waals surface area (Å²) in [5, 5.41) is 0.181. The minimum atomic E-state index is -1.77. The lowest BCUT2D eigenvalue weighted by atomic mass is 10.2. The standard InChI is InChI=1S/C21H29F2NOSi/c1-21(2,3)26(4,5)25-16-6-15-24(19-11-7-17(22)8-12-19)20-13-9-18(23)10-14-20/h7-14H,6,15-16H2,1-5H3. The Kier molecular flexibility index (Phi) is 6.58. The van der Waals surface area contributed by atoms with Gasteiger partial charge in [0, 0.05) is 24.5 Å². The van der Waals surface area contributed by atoms with E-state index in [1.165, 1.54) is 24.3 Å². The maximum atomic E-state index is 13.3. The lowest BCUT2D eigenvalue weighted by Crippen LogP contribution is -2.41. The number of anilines is 2. The van der Waals surface area contributed by atoms with Gasteiger partial charge in [0.2, 0.25) is 0 Å². The molecule has 0 N–H and O–H groups in total. The van der Waals surface area contributed by atoms with Crippen LogP contribution in [0.15, 0.2) is 48.5 Å². The molecule has 142 valence electrons. The van der Waals surface area contributed by atoms with Crippen LogP contribution in [0.25, 0.3) is 0 Å². The summed E-state index contributed by atoms with van der Waals surface area (Å²) < 4.78 is 32.8. The first-order chi connectivity index (χ1) is 12.1. The molecular formula is C21H29F2NOSi. The number of benzene rings is 2. The zero-order chi connectivity index (χ0) is 19.4. The molecule has 0 saturated carbocycles. The highest BCUT2D eigenvalue weighted by Gasteiger charge is 2.36. The first-order valence-corrected chi connectivity index (χ1v) is 11.9. The third-order valence-electron chi connectivity index (χ3n) is 5.07. The van der Waals surface area contributed by atoms with E-state index in [9.17, 15) is 8.78 Å². The third-order valence-corrected chi connectivity index (χ3v) is 9.61. The Balaban J connectivity index is 2.08. The molecule has 0 aliphatic rings. The van der Waals surface area contributed by atoms with Crippen molar-refractivity contribution in [2.45, 2.75) is 45.3 Å². The predicted molar refractivity (Wildman–Crippen MR) is 108 cm³/mol. The van der Waals surface area contributed by atoms with E-state index in [1.807, 2.05) is 0 Å². The van der Waals surface area contributed by atoms with E-state index in [0.29, 0.717) is 13.2 Å². The summed E-state index contributed by atoms with van der Waals surface area (Å²) in [6.07, 6.45) is 0.835. The summed E-state index contributed by atoms with van der Waals surface area (Å²) in [5.74, 6) is -0.539. The second kappa shape index (κ2) is 8.31. The van der Waals surface area contributed by atoms with Crippen LogP contribution < -0.4 is 4.90 Å². The number of rotatable bonds is 7. The monoisotopic (exact) mass is 377 g/mol. The van der Waals surface area contributed by atoms with Crippen molar-refractivity contribution in [1.82, 2.24) is 0 Å². The maximum Gasteiger partial charge on any atom is 0.191 e. The number of hydrogen-bond acceptors (Lipinski definition) is 2. The predicted octanol–water partition coefficient (Wildman–Crippen LogP) is 6.51. The number of nitrogens with zero attached hydrogens (tertiary/aromatic N) is 1. The smallest absolute Gasteiger partial charge is 0.191 e. The largest absolute Gasteiger partial charge is 0.417 e. The van der Waals surface area contributed by atoms with Crippen molar-refractivity contribution >= 4 is 19.7 Å². The van der Waals surface area contributed by atoms with Crippen molar-refractivity contribution < 1.29 is 13.2 Å². The molecule has 2 nitrogen and oxygen atoms in total. The molecular weight excluding hydrogens is 348 g/mol. The molecule has 0 heterocycles. The molecule has 0 saturated heterocycles.